The van der Waals surface area contributed by atoms with Gasteiger partial charge in [0, 0.05) is 99.5 Å². The van der Waals surface area contributed by atoms with E-state index in [4.69, 9.17) is 0 Å². The molecular formula is C129H84N6. The van der Waals surface area contributed by atoms with Crippen LogP contribution in [0.4, 0.5) is 0 Å². The lowest BCUT2D eigenvalue weighted by molar-refractivity contribution is 1.12. The minimum absolute atomic E-state index is 0.960. The molecule has 0 spiro atoms. The zero-order valence-electron chi connectivity index (χ0n) is 73.8. The van der Waals surface area contributed by atoms with E-state index in [9.17, 15) is 0 Å². The number of hydrogen-bond donors (Lipinski definition) is 0. The van der Waals surface area contributed by atoms with Crippen molar-refractivity contribution in [3.8, 4) is 101 Å². The molecule has 27 aromatic rings. The van der Waals surface area contributed by atoms with Crippen LogP contribution in [-0.2, 0) is 19.3 Å². The fraction of sp³-hybridized carbons (Fsp3) is 0.0233. The van der Waals surface area contributed by atoms with Crippen LogP contribution in [0.5, 0.6) is 0 Å². The third kappa shape index (κ3) is 12.0. The molecule has 0 amide bonds. The van der Waals surface area contributed by atoms with Gasteiger partial charge in [0.2, 0.25) is 0 Å². The van der Waals surface area contributed by atoms with Crippen molar-refractivity contribution in [2.45, 2.75) is 19.3 Å². The van der Waals surface area contributed by atoms with Gasteiger partial charge in [0.05, 0.1) is 71.9 Å². The Morgan fingerprint density at radius 2 is 0.422 bits per heavy atom. The minimum atomic E-state index is 0.960. The monoisotopic (exact) mass is 1720 g/mol. The summed E-state index contributed by atoms with van der Waals surface area (Å²) in [5, 5.41) is 15.3. The summed E-state index contributed by atoms with van der Waals surface area (Å²) >= 11 is 0. The number of benzene rings is 21. The molecule has 30 rings (SSSR count). The Morgan fingerprint density at radius 1 is 0.133 bits per heavy atom. The molecule has 6 aromatic heterocycles. The standard InChI is InChI=1S/3C43H28N2/c1-2-13-30(14-3-1)44-39-21-9-7-17-35(39)43-32(18-10-23-42(43)44)29-24-25-41-37(27-29)34-16-6-8-20-38(34)45(41)40-22-11-19-33-31-15-5-4-12-28(31)26-36(33)40;1-2-11-32(12-3-1)44-40-16-8-6-14-36(40)38-26-28(18-22-42(38)44)29-19-23-43-39(27-29)37-15-7-9-17-41(37)45(43)33-20-21-35-31(25-33)24-30-10-4-5-13-34(30)35;1-2-11-32(12-3-1)44-40-16-8-6-14-36(40)38-21-18-29(27-43(38)44)28-19-23-42-39(26-28)37-15-7-9-17-41(37)45(42)33-20-22-35-31(25-33)24-30-10-4-5-13-34(30)35/h1-25,27H,26H2;2*1-23,25-27H,24H2. The maximum Gasteiger partial charge on any atom is 0.0547 e. The van der Waals surface area contributed by atoms with Crippen LogP contribution in [-0.4, -0.2) is 27.4 Å². The summed E-state index contributed by atoms with van der Waals surface area (Å²) in [6, 6.07) is 174. The zero-order valence-corrected chi connectivity index (χ0v) is 73.8. The van der Waals surface area contributed by atoms with Crippen molar-refractivity contribution in [2.75, 3.05) is 0 Å². The Morgan fingerprint density at radius 3 is 0.896 bits per heavy atom. The smallest absolute Gasteiger partial charge is 0.0547 e. The molecule has 6 nitrogen and oxygen atoms in total. The van der Waals surface area contributed by atoms with Gasteiger partial charge in [-0.25, -0.2) is 0 Å². The van der Waals surface area contributed by atoms with E-state index >= 15 is 0 Å². The van der Waals surface area contributed by atoms with Gasteiger partial charge in [0.1, 0.15) is 0 Å². The summed E-state index contributed by atoms with van der Waals surface area (Å²) in [5.41, 5.74) is 46.0. The Kier molecular flexibility index (Phi) is 17.3. The Bertz CT molecular complexity index is 9590. The molecule has 0 unspecified atom stereocenters. The van der Waals surface area contributed by atoms with Gasteiger partial charge in [-0.1, -0.05) is 309 Å². The van der Waals surface area contributed by atoms with Crippen LogP contribution in [0.1, 0.15) is 33.4 Å². The molecule has 0 aliphatic heterocycles. The molecule has 3 aliphatic rings. The second kappa shape index (κ2) is 30.5. The zero-order chi connectivity index (χ0) is 88.5. The highest BCUT2D eigenvalue weighted by atomic mass is 15.0. The Hall–Kier alpha value is -17.6. The second-order valence-electron chi connectivity index (χ2n) is 36.5. The second-order valence-corrected chi connectivity index (χ2v) is 36.5. The van der Waals surface area contributed by atoms with Crippen molar-refractivity contribution < 1.29 is 0 Å². The third-order valence-electron chi connectivity index (χ3n) is 29.2. The predicted molar refractivity (Wildman–Crippen MR) is 566 cm³/mol. The van der Waals surface area contributed by atoms with Gasteiger partial charge >= 0.3 is 0 Å². The van der Waals surface area contributed by atoms with Crippen LogP contribution in [0.3, 0.4) is 0 Å². The highest BCUT2D eigenvalue weighted by Gasteiger charge is 2.28. The largest absolute Gasteiger partial charge is 0.309 e. The van der Waals surface area contributed by atoms with Crippen molar-refractivity contribution in [1.29, 1.82) is 0 Å². The van der Waals surface area contributed by atoms with E-state index in [1.807, 2.05) is 0 Å². The van der Waals surface area contributed by atoms with Crippen molar-refractivity contribution >= 4 is 131 Å². The number of fused-ring (bicyclic) bond motifs is 27. The van der Waals surface area contributed by atoms with Crippen LogP contribution in [0.2, 0.25) is 0 Å². The molecule has 0 bridgehead atoms. The number of nitrogens with zero attached hydrogens (tertiary/aromatic N) is 6. The number of para-hydroxylation sites is 9. The summed E-state index contributed by atoms with van der Waals surface area (Å²) in [6.07, 6.45) is 2.94. The SMILES string of the molecule is c1ccc(-n2c3ccccc3c3c(-c4ccc5c(c4)c4ccccc4n5-c4cccc5c4Cc4ccccc4-5)cccc32)cc1.c1ccc(-n2c3ccccc3c3cc(-c4ccc5c(c4)c4ccccc4n5-c4ccc5c(c4)Cc4ccccc4-5)ccc32)cc1.c1ccc(-n2c3ccccc3c3ccc(-c4ccc5c(c4)c4ccccc4n5-c4ccc5c(c4)Cc4ccccc4-5)cc32)cc1. The number of hydrogen-bond acceptors (Lipinski definition) is 0. The lowest BCUT2D eigenvalue weighted by atomic mass is 9.98. The van der Waals surface area contributed by atoms with Gasteiger partial charge in [0.25, 0.3) is 0 Å². The Balaban J connectivity index is 0.000000101. The first-order valence-electron chi connectivity index (χ1n) is 47.0. The van der Waals surface area contributed by atoms with E-state index in [1.54, 1.807) is 0 Å². The fourth-order valence-corrected chi connectivity index (χ4v) is 23.3. The number of aromatic nitrogens is 6. The molecule has 0 saturated carbocycles. The van der Waals surface area contributed by atoms with E-state index in [-0.39, 0.29) is 0 Å². The van der Waals surface area contributed by atoms with E-state index in [0.29, 0.717) is 0 Å². The average molecular weight is 1720 g/mol. The van der Waals surface area contributed by atoms with Crippen molar-refractivity contribution in [2.24, 2.45) is 0 Å². The van der Waals surface area contributed by atoms with E-state index in [1.165, 1.54) is 265 Å². The summed E-state index contributed by atoms with van der Waals surface area (Å²) in [7, 11) is 0. The highest BCUT2D eigenvalue weighted by Crippen LogP contribution is 2.49. The molecule has 6 heterocycles. The van der Waals surface area contributed by atoms with E-state index in [0.717, 1.165) is 19.3 Å². The summed E-state index contributed by atoms with van der Waals surface area (Å²) in [6.45, 7) is 0. The normalized spacial score (nSPS) is 12.4. The molecule has 0 N–H and O–H groups in total. The third-order valence-corrected chi connectivity index (χ3v) is 29.2. The van der Waals surface area contributed by atoms with Crippen LogP contribution in [0.15, 0.2) is 473 Å². The van der Waals surface area contributed by atoms with Crippen LogP contribution in [0, 0.1) is 0 Å². The quantitative estimate of drug-likeness (QED) is 0.138. The van der Waals surface area contributed by atoms with Crippen LogP contribution >= 0.6 is 0 Å². The Labute approximate surface area is 779 Å². The van der Waals surface area contributed by atoms with Gasteiger partial charge in [-0.2, -0.15) is 0 Å². The summed E-state index contributed by atoms with van der Waals surface area (Å²) in [4.78, 5) is 0. The molecule has 3 aliphatic carbocycles. The molecule has 6 heteroatoms. The van der Waals surface area contributed by atoms with Gasteiger partial charge < -0.3 is 27.4 Å². The first-order valence-corrected chi connectivity index (χ1v) is 47.0. The van der Waals surface area contributed by atoms with Gasteiger partial charge in [-0.15, -0.1) is 0 Å². The van der Waals surface area contributed by atoms with E-state index < -0.39 is 0 Å². The molecule has 0 fully saturated rings. The highest BCUT2D eigenvalue weighted by molar-refractivity contribution is 6.19. The fourth-order valence-electron chi connectivity index (χ4n) is 23.3. The van der Waals surface area contributed by atoms with E-state index in [2.05, 4.69) is 501 Å². The first kappa shape index (κ1) is 76.3. The maximum absolute atomic E-state index is 2.49. The first-order chi connectivity index (χ1) is 67.0. The lowest BCUT2D eigenvalue weighted by Gasteiger charge is -2.13. The van der Waals surface area contributed by atoms with Gasteiger partial charge in [0.15, 0.2) is 0 Å². The topological polar surface area (TPSA) is 29.6 Å². The molecule has 135 heavy (non-hydrogen) atoms. The predicted octanol–water partition coefficient (Wildman–Crippen LogP) is 33.4. The molecule has 0 atom stereocenters. The molecule has 21 aromatic carbocycles. The molecule has 0 saturated heterocycles. The van der Waals surface area contributed by atoms with Gasteiger partial charge in [-0.05, 0) is 277 Å². The average Bonchev–Trinajstić information content (AvgIpc) is 1.58. The van der Waals surface area contributed by atoms with Gasteiger partial charge in [-0.3, -0.25) is 0 Å². The molecule has 0 radical (unpaired) electrons. The molecule has 630 valence electrons. The van der Waals surface area contributed by atoms with Crippen molar-refractivity contribution in [3.05, 3.63) is 507 Å². The molecular weight excluding hydrogens is 1630 g/mol. The van der Waals surface area contributed by atoms with Crippen molar-refractivity contribution in [1.82, 2.24) is 27.4 Å². The summed E-state index contributed by atoms with van der Waals surface area (Å²) < 4.78 is 14.5. The lowest BCUT2D eigenvalue weighted by Crippen LogP contribution is -1.99. The van der Waals surface area contributed by atoms with Crippen molar-refractivity contribution in [3.63, 3.8) is 0 Å². The van der Waals surface area contributed by atoms with Crippen LogP contribution < -0.4 is 0 Å². The summed E-state index contributed by atoms with van der Waals surface area (Å²) in [5.74, 6) is 0. The maximum atomic E-state index is 2.49. The minimum Gasteiger partial charge on any atom is -0.309 e. The van der Waals surface area contributed by atoms with Crippen LogP contribution in [0.25, 0.3) is 232 Å². The number of rotatable bonds is 9.